The molecule has 1 amide bonds. The Morgan fingerprint density at radius 1 is 1.44 bits per heavy atom. The zero-order chi connectivity index (χ0) is 11.1. The van der Waals surface area contributed by atoms with Crippen molar-refractivity contribution < 1.29 is 9.53 Å². The van der Waals surface area contributed by atoms with Crippen molar-refractivity contribution in [2.24, 2.45) is 5.92 Å². The number of aryl methyl sites for hydroxylation is 1. The molecule has 1 aliphatic carbocycles. The van der Waals surface area contributed by atoms with Gasteiger partial charge in [-0.2, -0.15) is 0 Å². The molecule has 0 N–H and O–H groups in total. The second kappa shape index (κ2) is 3.51. The first-order valence-corrected chi connectivity index (χ1v) is 5.80. The van der Waals surface area contributed by atoms with Crippen LogP contribution in [0.2, 0.25) is 0 Å². The molecule has 1 fully saturated rings. The van der Waals surface area contributed by atoms with Gasteiger partial charge in [-0.05, 0) is 37.5 Å². The van der Waals surface area contributed by atoms with Gasteiger partial charge in [-0.15, -0.1) is 0 Å². The van der Waals surface area contributed by atoms with Crippen molar-refractivity contribution in [3.63, 3.8) is 0 Å². The number of ether oxygens (including phenoxy) is 1. The van der Waals surface area contributed by atoms with Gasteiger partial charge in [-0.3, -0.25) is 4.79 Å². The van der Waals surface area contributed by atoms with Gasteiger partial charge >= 0.3 is 0 Å². The summed E-state index contributed by atoms with van der Waals surface area (Å²) in [4.78, 5) is 14.0. The minimum Gasteiger partial charge on any atom is -0.490 e. The highest BCUT2D eigenvalue weighted by molar-refractivity contribution is 5.98. The van der Waals surface area contributed by atoms with Crippen LogP contribution in [0.1, 0.15) is 18.4 Å². The molecule has 1 aromatic carbocycles. The Labute approximate surface area is 95.0 Å². The number of hydrogen-bond donors (Lipinski definition) is 0. The lowest BCUT2D eigenvalue weighted by Gasteiger charge is -2.29. The number of nitrogens with zero attached hydrogens (tertiary/aromatic N) is 1. The summed E-state index contributed by atoms with van der Waals surface area (Å²) >= 11 is 0. The van der Waals surface area contributed by atoms with Crippen LogP contribution in [0.15, 0.2) is 18.2 Å². The Hall–Kier alpha value is -1.51. The highest BCUT2D eigenvalue weighted by Gasteiger charge is 2.35. The second-order valence-corrected chi connectivity index (χ2v) is 4.58. The van der Waals surface area contributed by atoms with E-state index in [2.05, 4.69) is 0 Å². The predicted octanol–water partition coefficient (Wildman–Crippen LogP) is 2.13. The molecule has 3 rings (SSSR count). The molecule has 1 saturated carbocycles. The van der Waals surface area contributed by atoms with Crippen molar-refractivity contribution in [1.29, 1.82) is 0 Å². The third-order valence-electron chi connectivity index (χ3n) is 3.17. The number of rotatable bonds is 1. The lowest BCUT2D eigenvalue weighted by Crippen LogP contribution is -2.38. The van der Waals surface area contributed by atoms with Crippen LogP contribution in [0, 0.1) is 12.8 Å². The largest absolute Gasteiger partial charge is 0.490 e. The molecule has 16 heavy (non-hydrogen) atoms. The van der Waals surface area contributed by atoms with Crippen LogP contribution < -0.4 is 9.64 Å². The average Bonchev–Trinajstić information content (AvgIpc) is 3.10. The fourth-order valence-corrected chi connectivity index (χ4v) is 2.11. The predicted molar refractivity (Wildman–Crippen MR) is 61.8 cm³/mol. The van der Waals surface area contributed by atoms with Crippen LogP contribution in [0.3, 0.4) is 0 Å². The molecule has 1 aromatic rings. The molecule has 0 unspecified atom stereocenters. The Morgan fingerprint density at radius 3 is 3.00 bits per heavy atom. The molecule has 1 heterocycles. The minimum atomic E-state index is 0.271. The molecular formula is C13H15NO2. The molecule has 3 nitrogen and oxygen atoms in total. The lowest BCUT2D eigenvalue weighted by molar-refractivity contribution is -0.120. The Morgan fingerprint density at radius 2 is 2.25 bits per heavy atom. The summed E-state index contributed by atoms with van der Waals surface area (Å²) in [6.07, 6.45) is 2.11. The zero-order valence-corrected chi connectivity index (χ0v) is 9.40. The first kappa shape index (κ1) is 9.70. The molecule has 0 saturated heterocycles. The molecule has 0 spiro atoms. The van der Waals surface area contributed by atoms with Gasteiger partial charge in [0.05, 0.1) is 12.2 Å². The van der Waals surface area contributed by atoms with Crippen LogP contribution in [-0.2, 0) is 4.79 Å². The monoisotopic (exact) mass is 217 g/mol. The second-order valence-electron chi connectivity index (χ2n) is 4.58. The van der Waals surface area contributed by atoms with Crippen molar-refractivity contribution in [3.05, 3.63) is 23.8 Å². The Kier molecular flexibility index (Phi) is 2.13. The van der Waals surface area contributed by atoms with E-state index < -0.39 is 0 Å². The molecule has 1 aliphatic heterocycles. The summed E-state index contributed by atoms with van der Waals surface area (Å²) in [7, 11) is 0. The van der Waals surface area contributed by atoms with Crippen molar-refractivity contribution in [3.8, 4) is 5.75 Å². The molecular weight excluding hydrogens is 202 g/mol. The van der Waals surface area contributed by atoms with Gasteiger partial charge in [-0.1, -0.05) is 6.07 Å². The molecule has 0 atom stereocenters. The van der Waals surface area contributed by atoms with E-state index in [1.165, 1.54) is 5.56 Å². The van der Waals surface area contributed by atoms with Gasteiger partial charge in [0.2, 0.25) is 5.91 Å². The van der Waals surface area contributed by atoms with Crippen LogP contribution in [0.25, 0.3) is 0 Å². The summed E-state index contributed by atoms with van der Waals surface area (Å²) in [5.41, 5.74) is 2.10. The fraction of sp³-hybridized carbons (Fsp3) is 0.462. The van der Waals surface area contributed by atoms with E-state index in [0.29, 0.717) is 13.2 Å². The van der Waals surface area contributed by atoms with Crippen LogP contribution in [0.5, 0.6) is 5.75 Å². The quantitative estimate of drug-likeness (QED) is 0.721. The van der Waals surface area contributed by atoms with E-state index in [9.17, 15) is 4.79 Å². The van der Waals surface area contributed by atoms with E-state index in [1.807, 2.05) is 30.0 Å². The Balaban J connectivity index is 1.95. The van der Waals surface area contributed by atoms with E-state index in [4.69, 9.17) is 4.74 Å². The van der Waals surface area contributed by atoms with Crippen LogP contribution in [0.4, 0.5) is 5.69 Å². The third-order valence-corrected chi connectivity index (χ3v) is 3.17. The number of fused-ring (bicyclic) bond motifs is 1. The standard InChI is InChI=1S/C13H15NO2/c1-9-2-5-11-12(8-9)16-7-6-14(11)13(15)10-3-4-10/h2,5,8,10H,3-4,6-7H2,1H3. The third kappa shape index (κ3) is 1.56. The SMILES string of the molecule is Cc1ccc2c(c1)OCCN2C(=O)C1CC1. The smallest absolute Gasteiger partial charge is 0.230 e. The van der Waals surface area contributed by atoms with Gasteiger partial charge in [-0.25, -0.2) is 0 Å². The normalized spacial score (nSPS) is 18.9. The first-order chi connectivity index (χ1) is 7.75. The lowest BCUT2D eigenvalue weighted by atomic mass is 10.1. The van der Waals surface area contributed by atoms with Crippen LogP contribution >= 0.6 is 0 Å². The summed E-state index contributed by atoms with van der Waals surface area (Å²) in [6.45, 7) is 3.33. The van der Waals surface area contributed by atoms with Gasteiger partial charge in [0, 0.05) is 5.92 Å². The Bertz CT molecular complexity index is 438. The highest BCUT2D eigenvalue weighted by Crippen LogP contribution is 2.37. The van der Waals surface area contributed by atoms with Crippen molar-refractivity contribution in [1.82, 2.24) is 0 Å². The van der Waals surface area contributed by atoms with E-state index in [-0.39, 0.29) is 11.8 Å². The average molecular weight is 217 g/mol. The molecule has 2 aliphatic rings. The number of hydrogen-bond acceptors (Lipinski definition) is 2. The van der Waals surface area contributed by atoms with Crippen molar-refractivity contribution in [2.45, 2.75) is 19.8 Å². The van der Waals surface area contributed by atoms with Crippen LogP contribution in [-0.4, -0.2) is 19.1 Å². The topological polar surface area (TPSA) is 29.5 Å². The molecule has 84 valence electrons. The maximum Gasteiger partial charge on any atom is 0.230 e. The zero-order valence-electron chi connectivity index (χ0n) is 9.40. The van der Waals surface area contributed by atoms with E-state index >= 15 is 0 Å². The molecule has 0 bridgehead atoms. The number of carbonyl (C=O) groups is 1. The number of carbonyl (C=O) groups excluding carboxylic acids is 1. The van der Waals surface area contributed by atoms with E-state index in [0.717, 1.165) is 24.3 Å². The maximum absolute atomic E-state index is 12.1. The molecule has 0 radical (unpaired) electrons. The van der Waals surface area contributed by atoms with E-state index in [1.54, 1.807) is 0 Å². The maximum atomic E-state index is 12.1. The summed E-state index contributed by atoms with van der Waals surface area (Å²) < 4.78 is 5.59. The highest BCUT2D eigenvalue weighted by atomic mass is 16.5. The molecule has 3 heteroatoms. The van der Waals surface area contributed by atoms with Crippen molar-refractivity contribution >= 4 is 11.6 Å². The van der Waals surface area contributed by atoms with Gasteiger partial charge in [0.25, 0.3) is 0 Å². The summed E-state index contributed by atoms with van der Waals surface area (Å²) in [5, 5.41) is 0. The van der Waals surface area contributed by atoms with Gasteiger partial charge in [0.1, 0.15) is 12.4 Å². The summed E-state index contributed by atoms with van der Waals surface area (Å²) in [5.74, 6) is 1.39. The fourth-order valence-electron chi connectivity index (χ4n) is 2.11. The number of amides is 1. The van der Waals surface area contributed by atoms with Gasteiger partial charge < -0.3 is 9.64 Å². The minimum absolute atomic E-state index is 0.271. The van der Waals surface area contributed by atoms with Crippen molar-refractivity contribution in [2.75, 3.05) is 18.1 Å². The summed E-state index contributed by atoms with van der Waals surface area (Å²) in [6, 6.07) is 6.02. The number of anilines is 1. The molecule has 0 aromatic heterocycles. The first-order valence-electron chi connectivity index (χ1n) is 5.80. The number of benzene rings is 1. The van der Waals surface area contributed by atoms with Gasteiger partial charge in [0.15, 0.2) is 0 Å².